The van der Waals surface area contributed by atoms with Gasteiger partial charge >= 0.3 is 6.18 Å². The van der Waals surface area contributed by atoms with Crippen LogP contribution in [-0.2, 0) is 17.1 Å². The van der Waals surface area contributed by atoms with Gasteiger partial charge in [-0.05, 0) is 31.9 Å². The molecule has 0 atom stereocenters. The molecule has 0 aromatic carbocycles. The van der Waals surface area contributed by atoms with Gasteiger partial charge in [-0.1, -0.05) is 11.6 Å². The highest BCUT2D eigenvalue weighted by molar-refractivity contribution is 7.90. The van der Waals surface area contributed by atoms with Gasteiger partial charge in [0, 0.05) is 19.3 Å². The topological polar surface area (TPSA) is 121 Å². The van der Waals surface area contributed by atoms with Crippen LogP contribution in [0.2, 0.25) is 5.15 Å². The Hall–Kier alpha value is -3.13. The average Bonchev–Trinajstić information content (AvgIpc) is 3.28. The number of aryl methyl sites for hydroxylation is 1. The van der Waals surface area contributed by atoms with Crippen LogP contribution < -0.4 is 9.46 Å². The van der Waals surface area contributed by atoms with Crippen molar-refractivity contribution in [2.75, 3.05) is 6.61 Å². The predicted molar refractivity (Wildman–Crippen MR) is 112 cm³/mol. The Balaban J connectivity index is 1.46. The van der Waals surface area contributed by atoms with Crippen molar-refractivity contribution < 1.29 is 31.1 Å². The van der Waals surface area contributed by atoms with E-state index in [1.54, 1.807) is 7.05 Å². The number of nitrogens with one attached hydrogen (secondary N) is 1. The van der Waals surface area contributed by atoms with Gasteiger partial charge in [-0.25, -0.2) is 22.8 Å². The normalized spacial score (nSPS) is 15.2. The van der Waals surface area contributed by atoms with E-state index in [-0.39, 0.29) is 40.2 Å². The van der Waals surface area contributed by atoms with E-state index in [9.17, 15) is 26.4 Å². The van der Waals surface area contributed by atoms with Gasteiger partial charge in [-0.15, -0.1) is 5.10 Å². The summed E-state index contributed by atoms with van der Waals surface area (Å²) < 4.78 is 73.8. The number of rotatable bonds is 7. The minimum absolute atomic E-state index is 0.00791. The fraction of sp³-hybridized carbons (Fsp3) is 0.368. The fourth-order valence-corrected chi connectivity index (χ4v) is 4.49. The summed E-state index contributed by atoms with van der Waals surface area (Å²) in [5.74, 6) is -0.897. The smallest absolute Gasteiger partial charge is 0.397 e. The number of ether oxygens (including phenoxy) is 1. The van der Waals surface area contributed by atoms with E-state index in [4.69, 9.17) is 16.3 Å². The molecule has 1 aliphatic carbocycles. The molecule has 1 aliphatic rings. The molecule has 15 heteroatoms. The molecule has 4 rings (SSSR count). The van der Waals surface area contributed by atoms with Gasteiger partial charge in [-0.2, -0.15) is 18.3 Å². The summed E-state index contributed by atoms with van der Waals surface area (Å²) in [5, 5.41) is 7.56. The monoisotopic (exact) mass is 518 g/mol. The third-order valence-electron chi connectivity index (χ3n) is 5.54. The van der Waals surface area contributed by atoms with Crippen LogP contribution in [0, 0.1) is 12.3 Å². The number of sulfonamides is 1. The Labute approximate surface area is 196 Å². The first-order chi connectivity index (χ1) is 15.8. The molecule has 0 radical (unpaired) electrons. The van der Waals surface area contributed by atoms with Crippen molar-refractivity contribution >= 4 is 27.5 Å². The molecule has 3 aromatic rings. The average molecular weight is 519 g/mol. The summed E-state index contributed by atoms with van der Waals surface area (Å²) in [4.78, 5) is 16.4. The third kappa shape index (κ3) is 4.46. The van der Waals surface area contributed by atoms with Gasteiger partial charge in [0.15, 0.2) is 5.82 Å². The summed E-state index contributed by atoms with van der Waals surface area (Å²) in [6.45, 7) is 0.997. The molecule has 0 bridgehead atoms. The van der Waals surface area contributed by atoms with E-state index in [2.05, 4.69) is 15.2 Å². The second kappa shape index (κ2) is 8.27. The highest BCUT2D eigenvalue weighted by atomic mass is 35.5. The lowest BCUT2D eigenvalue weighted by molar-refractivity contribution is -0.194. The second-order valence-electron chi connectivity index (χ2n) is 7.83. The van der Waals surface area contributed by atoms with Crippen molar-refractivity contribution in [1.82, 2.24) is 29.3 Å². The maximum absolute atomic E-state index is 13.0. The molecular weight excluding hydrogens is 501 g/mol. The first-order valence-electron chi connectivity index (χ1n) is 9.81. The number of pyridine rings is 1. The number of hydrogen-bond acceptors (Lipinski definition) is 7. The van der Waals surface area contributed by atoms with Crippen LogP contribution in [0.1, 0.15) is 28.9 Å². The number of aromatic nitrogens is 5. The number of amides is 1. The van der Waals surface area contributed by atoms with E-state index in [0.29, 0.717) is 5.69 Å². The van der Waals surface area contributed by atoms with Crippen molar-refractivity contribution in [2.45, 2.75) is 30.8 Å². The lowest BCUT2D eigenvalue weighted by Crippen LogP contribution is -2.31. The third-order valence-corrected chi connectivity index (χ3v) is 7.26. The zero-order valence-corrected chi connectivity index (χ0v) is 19.4. The molecule has 0 spiro atoms. The fourth-order valence-electron chi connectivity index (χ4n) is 3.08. The van der Waals surface area contributed by atoms with Crippen LogP contribution in [0.25, 0.3) is 5.82 Å². The summed E-state index contributed by atoms with van der Waals surface area (Å²) in [6, 6.07) is 3.96. The summed E-state index contributed by atoms with van der Waals surface area (Å²) >= 11 is 6.09. The van der Waals surface area contributed by atoms with E-state index < -0.39 is 34.1 Å². The molecule has 10 nitrogen and oxygen atoms in total. The molecule has 1 N–H and O–H groups in total. The molecular formula is C19H18ClF3N6O4S. The number of halogens is 4. The quantitative estimate of drug-likeness (QED) is 0.477. The summed E-state index contributed by atoms with van der Waals surface area (Å²) in [6.07, 6.45) is -1.81. The van der Waals surface area contributed by atoms with Gasteiger partial charge in [0.25, 0.3) is 15.9 Å². The van der Waals surface area contributed by atoms with Crippen LogP contribution in [-0.4, -0.2) is 51.7 Å². The maximum atomic E-state index is 13.0. The predicted octanol–water partition coefficient (Wildman–Crippen LogP) is 2.80. The van der Waals surface area contributed by atoms with Gasteiger partial charge in [0.1, 0.15) is 22.1 Å². The highest BCUT2D eigenvalue weighted by Crippen LogP contribution is 2.57. The molecule has 182 valence electrons. The Morgan fingerprint density at radius 3 is 2.56 bits per heavy atom. The van der Waals surface area contributed by atoms with E-state index in [0.717, 1.165) is 6.20 Å². The van der Waals surface area contributed by atoms with Gasteiger partial charge < -0.3 is 4.74 Å². The maximum Gasteiger partial charge on any atom is 0.397 e. The van der Waals surface area contributed by atoms with Crippen molar-refractivity contribution in [3.8, 4) is 11.7 Å². The number of alkyl halides is 3. The largest absolute Gasteiger partial charge is 0.476 e. The first-order valence-corrected chi connectivity index (χ1v) is 11.7. The van der Waals surface area contributed by atoms with Crippen LogP contribution in [0.4, 0.5) is 13.2 Å². The van der Waals surface area contributed by atoms with Gasteiger partial charge in [0.05, 0.1) is 17.5 Å². The van der Waals surface area contributed by atoms with Crippen molar-refractivity contribution in [3.05, 3.63) is 47.0 Å². The summed E-state index contributed by atoms with van der Waals surface area (Å²) in [5.41, 5.74) is -1.71. The summed E-state index contributed by atoms with van der Waals surface area (Å²) in [7, 11) is -2.64. The van der Waals surface area contributed by atoms with Gasteiger partial charge in [-0.3, -0.25) is 9.48 Å². The Bertz CT molecular complexity index is 1360. The van der Waals surface area contributed by atoms with E-state index in [1.165, 1.54) is 40.7 Å². The zero-order valence-electron chi connectivity index (χ0n) is 17.8. The van der Waals surface area contributed by atoms with Crippen LogP contribution in [0.5, 0.6) is 5.88 Å². The lowest BCUT2D eigenvalue weighted by Gasteiger charge is -2.18. The van der Waals surface area contributed by atoms with Crippen molar-refractivity contribution in [3.63, 3.8) is 0 Å². The SMILES string of the molecule is Cc1c(S(=O)(=O)NC(=O)c2ccc(-n3ccc(OCC4(C(F)(F)F)CC4)n3)nc2Cl)cnn1C. The van der Waals surface area contributed by atoms with Crippen LogP contribution in [0.15, 0.2) is 35.5 Å². The van der Waals surface area contributed by atoms with Crippen molar-refractivity contribution in [1.29, 1.82) is 0 Å². The van der Waals surface area contributed by atoms with Crippen molar-refractivity contribution in [2.24, 2.45) is 12.5 Å². The number of carbonyl (C=O) groups excluding carboxylic acids is 1. The number of hydrogen-bond donors (Lipinski definition) is 1. The first kappa shape index (κ1) is 24.0. The minimum Gasteiger partial charge on any atom is -0.476 e. The van der Waals surface area contributed by atoms with E-state index in [1.807, 2.05) is 4.72 Å². The minimum atomic E-state index is -4.34. The lowest BCUT2D eigenvalue weighted by atomic mass is 10.1. The van der Waals surface area contributed by atoms with Gasteiger partial charge in [0.2, 0.25) is 5.88 Å². The molecule has 0 aliphatic heterocycles. The number of carbonyl (C=O) groups is 1. The molecule has 34 heavy (non-hydrogen) atoms. The molecule has 1 amide bonds. The molecule has 3 heterocycles. The van der Waals surface area contributed by atoms with Crippen LogP contribution >= 0.6 is 11.6 Å². The number of nitrogens with zero attached hydrogens (tertiary/aromatic N) is 5. The molecule has 0 unspecified atom stereocenters. The Kier molecular flexibility index (Phi) is 5.84. The molecule has 1 saturated carbocycles. The van der Waals surface area contributed by atoms with E-state index >= 15 is 0 Å². The second-order valence-corrected chi connectivity index (χ2v) is 9.83. The molecule has 1 fully saturated rings. The zero-order chi connectivity index (χ0) is 24.9. The Morgan fingerprint density at radius 1 is 1.29 bits per heavy atom. The van der Waals surface area contributed by atoms with Crippen LogP contribution in [0.3, 0.4) is 0 Å². The molecule has 3 aromatic heterocycles. The Morgan fingerprint density at radius 2 is 2.00 bits per heavy atom. The molecule has 0 saturated heterocycles. The standard InChI is InChI=1S/C19H18ClF3N6O4S/c1-11-13(9-24-28(11)2)34(31,32)27-17(30)12-3-4-14(25-16(12)20)29-8-5-15(26-29)33-10-18(6-7-18)19(21,22)23/h3-5,8-9H,6-7,10H2,1-2H3,(H,27,30). The highest BCUT2D eigenvalue weighted by Gasteiger charge is 2.64.